The van der Waals surface area contributed by atoms with E-state index in [-0.39, 0.29) is 17.5 Å². The van der Waals surface area contributed by atoms with Gasteiger partial charge in [0.2, 0.25) is 5.89 Å². The number of H-pyrrole nitrogens is 1. The number of piperidine rings is 1. The van der Waals surface area contributed by atoms with Crippen molar-refractivity contribution in [2.75, 3.05) is 18.0 Å². The first-order valence-corrected chi connectivity index (χ1v) is 9.39. The van der Waals surface area contributed by atoms with Gasteiger partial charge in [-0.2, -0.15) is 10.1 Å². The maximum absolute atomic E-state index is 12.2. The highest BCUT2D eigenvalue weighted by Gasteiger charge is 2.27. The number of aromatic amines is 1. The Morgan fingerprint density at radius 3 is 2.63 bits per heavy atom. The molecule has 0 unspecified atom stereocenters. The molecule has 27 heavy (non-hydrogen) atoms. The van der Waals surface area contributed by atoms with Gasteiger partial charge in [-0.05, 0) is 23.6 Å². The average Bonchev–Trinajstić information content (AvgIpc) is 3.31. The summed E-state index contributed by atoms with van der Waals surface area (Å²) in [7, 11) is 0. The third-order valence-corrected chi connectivity index (χ3v) is 5.04. The topological polar surface area (TPSA) is 92.8 Å². The molecule has 0 bridgehead atoms. The van der Waals surface area contributed by atoms with Gasteiger partial charge in [0, 0.05) is 24.9 Å². The van der Waals surface area contributed by atoms with E-state index >= 15 is 0 Å². The highest BCUT2D eigenvalue weighted by atomic mass is 16.5. The monoisotopic (exact) mass is 368 g/mol. The first-order chi connectivity index (χ1) is 13.1. The Morgan fingerprint density at radius 1 is 1.22 bits per heavy atom. The molecule has 1 N–H and O–H groups in total. The Kier molecular flexibility index (Phi) is 4.79. The van der Waals surface area contributed by atoms with Crippen molar-refractivity contribution in [1.82, 2.24) is 24.9 Å². The molecule has 1 fully saturated rings. The number of aromatic nitrogens is 5. The normalized spacial score (nSPS) is 15.6. The molecule has 1 saturated heterocycles. The summed E-state index contributed by atoms with van der Waals surface area (Å²) in [4.78, 5) is 18.9. The van der Waals surface area contributed by atoms with Crippen LogP contribution in [-0.2, 0) is 6.54 Å². The highest BCUT2D eigenvalue weighted by molar-refractivity contribution is 5.29. The molecule has 0 amide bonds. The summed E-state index contributed by atoms with van der Waals surface area (Å²) in [6, 6.07) is 9.98. The van der Waals surface area contributed by atoms with E-state index in [1.54, 1.807) is 4.57 Å². The second-order valence-corrected chi connectivity index (χ2v) is 7.31. The molecule has 2 aromatic heterocycles. The summed E-state index contributed by atoms with van der Waals surface area (Å²) in [5, 5.41) is 11.0. The average molecular weight is 368 g/mol. The Morgan fingerprint density at radius 2 is 1.96 bits per heavy atom. The zero-order valence-corrected chi connectivity index (χ0v) is 15.6. The van der Waals surface area contributed by atoms with Crippen LogP contribution in [0.15, 0.2) is 39.6 Å². The van der Waals surface area contributed by atoms with Crippen molar-refractivity contribution in [3.05, 3.63) is 58.1 Å². The minimum Gasteiger partial charge on any atom is -0.338 e. The van der Waals surface area contributed by atoms with Crippen molar-refractivity contribution in [3.63, 3.8) is 0 Å². The molecule has 1 aliphatic rings. The van der Waals surface area contributed by atoms with Gasteiger partial charge in [0.1, 0.15) is 5.82 Å². The number of rotatable bonds is 5. The van der Waals surface area contributed by atoms with E-state index in [4.69, 9.17) is 4.52 Å². The quantitative estimate of drug-likeness (QED) is 0.744. The first kappa shape index (κ1) is 17.5. The first-order valence-electron chi connectivity index (χ1n) is 9.39. The van der Waals surface area contributed by atoms with Crippen LogP contribution in [0.3, 0.4) is 0 Å². The van der Waals surface area contributed by atoms with Crippen LogP contribution in [-0.4, -0.2) is 38.0 Å². The molecule has 142 valence electrons. The highest BCUT2D eigenvalue weighted by Crippen LogP contribution is 2.28. The maximum atomic E-state index is 12.2. The maximum Gasteiger partial charge on any atom is 0.343 e. The van der Waals surface area contributed by atoms with Crippen molar-refractivity contribution < 1.29 is 4.52 Å². The molecule has 8 heteroatoms. The Hall–Kier alpha value is -2.90. The van der Waals surface area contributed by atoms with E-state index < -0.39 is 0 Å². The van der Waals surface area contributed by atoms with Crippen LogP contribution in [0.5, 0.6) is 0 Å². The molecule has 0 atom stereocenters. The van der Waals surface area contributed by atoms with Gasteiger partial charge in [-0.3, -0.25) is 4.57 Å². The molecule has 1 aliphatic heterocycles. The van der Waals surface area contributed by atoms with E-state index in [0.717, 1.165) is 37.3 Å². The van der Waals surface area contributed by atoms with Gasteiger partial charge in [0.25, 0.3) is 5.95 Å². The lowest BCUT2D eigenvalue weighted by atomic mass is 9.96. The fourth-order valence-corrected chi connectivity index (χ4v) is 3.49. The molecule has 1 aromatic carbocycles. The number of nitrogens with one attached hydrogen (secondary N) is 1. The fourth-order valence-electron chi connectivity index (χ4n) is 3.49. The lowest BCUT2D eigenvalue weighted by Crippen LogP contribution is -2.35. The lowest BCUT2D eigenvalue weighted by Gasteiger charge is -2.30. The van der Waals surface area contributed by atoms with Gasteiger partial charge in [0.15, 0.2) is 0 Å². The van der Waals surface area contributed by atoms with E-state index in [1.807, 2.05) is 44.2 Å². The van der Waals surface area contributed by atoms with Crippen LogP contribution in [0.2, 0.25) is 0 Å². The van der Waals surface area contributed by atoms with Crippen LogP contribution >= 0.6 is 0 Å². The predicted octanol–water partition coefficient (Wildman–Crippen LogP) is 2.51. The van der Waals surface area contributed by atoms with Gasteiger partial charge < -0.3 is 9.42 Å². The van der Waals surface area contributed by atoms with Gasteiger partial charge in [-0.25, -0.2) is 9.89 Å². The molecule has 0 aliphatic carbocycles. The molecule has 4 rings (SSSR count). The second kappa shape index (κ2) is 7.38. The summed E-state index contributed by atoms with van der Waals surface area (Å²) in [6.45, 7) is 6.23. The molecule has 0 spiro atoms. The van der Waals surface area contributed by atoms with Crippen molar-refractivity contribution in [2.45, 2.75) is 45.1 Å². The largest absolute Gasteiger partial charge is 0.343 e. The third-order valence-electron chi connectivity index (χ3n) is 5.04. The molecule has 8 nitrogen and oxygen atoms in total. The number of hydrogen-bond acceptors (Lipinski definition) is 6. The Bertz CT molecular complexity index is 935. The number of hydrogen-bond donors (Lipinski definition) is 1. The molecular weight excluding hydrogens is 344 g/mol. The molecule has 0 radical (unpaired) electrons. The van der Waals surface area contributed by atoms with Crippen LogP contribution in [0.1, 0.15) is 55.8 Å². The number of benzene rings is 1. The van der Waals surface area contributed by atoms with E-state index in [2.05, 4.69) is 25.2 Å². The summed E-state index contributed by atoms with van der Waals surface area (Å²) >= 11 is 0. The van der Waals surface area contributed by atoms with Gasteiger partial charge in [-0.1, -0.05) is 44.2 Å². The SMILES string of the molecule is CC(C)c1nc(N2CCC(c3n[nH]c(=O)n3Cc3ccccc3)CC2)no1. The summed E-state index contributed by atoms with van der Waals surface area (Å²) in [5.41, 5.74) is 0.934. The standard InChI is InChI=1S/C19H24N6O2/c1-13(2)17-20-18(23-27-17)24-10-8-15(9-11-24)16-21-22-19(26)25(16)12-14-6-4-3-5-7-14/h3-7,13,15H,8-12H2,1-2H3,(H,22,26). The van der Waals surface area contributed by atoms with Crippen LogP contribution in [0.25, 0.3) is 0 Å². The summed E-state index contributed by atoms with van der Waals surface area (Å²) in [6.07, 6.45) is 1.79. The third kappa shape index (κ3) is 3.65. The minimum atomic E-state index is -0.156. The zero-order valence-electron chi connectivity index (χ0n) is 15.6. The molecular formula is C19H24N6O2. The Labute approximate surface area is 157 Å². The molecule has 0 saturated carbocycles. The predicted molar refractivity (Wildman–Crippen MR) is 101 cm³/mol. The molecule has 3 aromatic rings. The molecule has 3 heterocycles. The fraction of sp³-hybridized carbons (Fsp3) is 0.474. The summed E-state index contributed by atoms with van der Waals surface area (Å²) < 4.78 is 7.06. The van der Waals surface area contributed by atoms with Crippen LogP contribution < -0.4 is 10.6 Å². The van der Waals surface area contributed by atoms with E-state index in [1.165, 1.54) is 0 Å². The Balaban J connectivity index is 1.46. The van der Waals surface area contributed by atoms with Crippen molar-refractivity contribution in [3.8, 4) is 0 Å². The lowest BCUT2D eigenvalue weighted by molar-refractivity contribution is 0.362. The van der Waals surface area contributed by atoms with Gasteiger partial charge in [-0.15, -0.1) is 0 Å². The van der Waals surface area contributed by atoms with Crippen LogP contribution in [0, 0.1) is 0 Å². The van der Waals surface area contributed by atoms with E-state index in [9.17, 15) is 4.79 Å². The van der Waals surface area contributed by atoms with Gasteiger partial charge in [0.05, 0.1) is 6.54 Å². The van der Waals surface area contributed by atoms with E-state index in [0.29, 0.717) is 18.4 Å². The number of nitrogens with zero attached hydrogens (tertiary/aromatic N) is 5. The minimum absolute atomic E-state index is 0.156. The van der Waals surface area contributed by atoms with Crippen molar-refractivity contribution >= 4 is 5.95 Å². The number of anilines is 1. The smallest absolute Gasteiger partial charge is 0.338 e. The van der Waals surface area contributed by atoms with Gasteiger partial charge >= 0.3 is 5.69 Å². The summed E-state index contributed by atoms with van der Waals surface area (Å²) in [5.74, 6) is 2.61. The second-order valence-electron chi connectivity index (χ2n) is 7.31. The van der Waals surface area contributed by atoms with Crippen molar-refractivity contribution in [2.24, 2.45) is 0 Å². The zero-order chi connectivity index (χ0) is 18.8. The van der Waals surface area contributed by atoms with Crippen LogP contribution in [0.4, 0.5) is 5.95 Å². The van der Waals surface area contributed by atoms with Crippen molar-refractivity contribution in [1.29, 1.82) is 0 Å².